The van der Waals surface area contributed by atoms with Crippen molar-refractivity contribution in [3.8, 4) is 0 Å². The van der Waals surface area contributed by atoms with Crippen molar-refractivity contribution >= 4 is 17.3 Å². The number of amides is 1. The molecule has 1 atom stereocenters. The Balaban J connectivity index is 1.83. The van der Waals surface area contributed by atoms with E-state index in [1.807, 2.05) is 54.6 Å². The Morgan fingerprint density at radius 1 is 1.12 bits per heavy atom. The van der Waals surface area contributed by atoms with Gasteiger partial charge >= 0.3 is 0 Å². The molecular formula is C20H22N2O2. The Labute approximate surface area is 142 Å². The maximum absolute atomic E-state index is 11.8. The zero-order valence-electron chi connectivity index (χ0n) is 13.7. The predicted octanol–water partition coefficient (Wildman–Crippen LogP) is 4.10. The number of hydrogen-bond acceptors (Lipinski definition) is 3. The second kappa shape index (κ2) is 9.33. The van der Waals surface area contributed by atoms with Crippen LogP contribution in [0.1, 0.15) is 18.1 Å². The number of nitrogens with two attached hydrogens (primary N) is 1. The Morgan fingerprint density at radius 3 is 2.54 bits per heavy atom. The molecule has 0 spiro atoms. The Kier molecular flexibility index (Phi) is 6.80. The number of rotatable bonds is 7. The number of hydrogen-bond donors (Lipinski definition) is 2. The van der Waals surface area contributed by atoms with E-state index in [9.17, 15) is 4.79 Å². The van der Waals surface area contributed by atoms with E-state index in [4.69, 9.17) is 10.5 Å². The highest BCUT2D eigenvalue weighted by molar-refractivity contribution is 6.01. The fourth-order valence-electron chi connectivity index (χ4n) is 2.25. The molecule has 2 aromatic carbocycles. The number of carbonyl (C=O) groups excluding carboxylic acids is 1. The maximum atomic E-state index is 11.8. The molecule has 0 saturated carbocycles. The molecule has 1 amide bonds. The van der Waals surface area contributed by atoms with E-state index in [-0.39, 0.29) is 12.0 Å². The highest BCUT2D eigenvalue weighted by Crippen LogP contribution is 2.20. The van der Waals surface area contributed by atoms with Gasteiger partial charge in [0.2, 0.25) is 5.91 Å². The lowest BCUT2D eigenvalue weighted by Gasteiger charge is -2.13. The van der Waals surface area contributed by atoms with Crippen LogP contribution < -0.4 is 11.1 Å². The minimum absolute atomic E-state index is 0.00814. The maximum Gasteiger partial charge on any atom is 0.248 e. The van der Waals surface area contributed by atoms with Gasteiger partial charge < -0.3 is 15.8 Å². The van der Waals surface area contributed by atoms with Crippen molar-refractivity contribution in [2.75, 3.05) is 18.2 Å². The van der Waals surface area contributed by atoms with E-state index in [1.54, 1.807) is 25.3 Å². The molecule has 4 heteroatoms. The summed E-state index contributed by atoms with van der Waals surface area (Å²) < 4.78 is 5.49. The van der Waals surface area contributed by atoms with Gasteiger partial charge in [-0.1, -0.05) is 60.7 Å². The van der Waals surface area contributed by atoms with Crippen LogP contribution in [0.2, 0.25) is 0 Å². The summed E-state index contributed by atoms with van der Waals surface area (Å²) in [4.78, 5) is 11.8. The van der Waals surface area contributed by atoms with Crippen LogP contribution in [0.25, 0.3) is 0 Å². The quantitative estimate of drug-likeness (QED) is 0.458. The van der Waals surface area contributed by atoms with E-state index >= 15 is 0 Å². The summed E-state index contributed by atoms with van der Waals surface area (Å²) in [6.45, 7) is 0. The first kappa shape index (κ1) is 17.5. The number of carbonyl (C=O) groups is 1. The number of allylic oxidation sites excluding steroid dienone is 2. The minimum Gasteiger partial charge on any atom is -0.397 e. The number of ether oxygens (including phenoxy) is 1. The van der Waals surface area contributed by atoms with Crippen molar-refractivity contribution in [2.24, 2.45) is 0 Å². The Hall–Kier alpha value is -2.85. The molecule has 0 fully saturated rings. The number of nitrogen functional groups attached to an aromatic ring is 1. The highest BCUT2D eigenvalue weighted by Gasteiger charge is 2.06. The number of anilines is 2. The lowest BCUT2D eigenvalue weighted by molar-refractivity contribution is -0.111. The number of methoxy groups -OCH3 is 1. The largest absolute Gasteiger partial charge is 0.397 e. The smallest absolute Gasteiger partial charge is 0.248 e. The summed E-state index contributed by atoms with van der Waals surface area (Å²) in [5.41, 5.74) is 8.07. The average molecular weight is 322 g/mol. The van der Waals surface area contributed by atoms with Gasteiger partial charge in [0.25, 0.3) is 0 Å². The summed E-state index contributed by atoms with van der Waals surface area (Å²) >= 11 is 0. The van der Waals surface area contributed by atoms with E-state index in [2.05, 4.69) is 5.32 Å². The molecule has 2 aromatic rings. The standard InChI is InChI=1S/C20H22N2O2/c1-24-19(16-10-4-2-5-11-16)14-6-3-7-15-20(23)22-18-13-9-8-12-17(18)21/h2-13,15,19H,14,21H2,1H3,(H,22,23). The van der Waals surface area contributed by atoms with Crippen LogP contribution >= 0.6 is 0 Å². The van der Waals surface area contributed by atoms with E-state index in [0.717, 1.165) is 12.0 Å². The second-order valence-corrected chi connectivity index (χ2v) is 5.23. The molecule has 4 nitrogen and oxygen atoms in total. The number of para-hydroxylation sites is 2. The SMILES string of the molecule is COC(CC=CC=CC(=O)Nc1ccccc1N)c1ccccc1. The van der Waals surface area contributed by atoms with Crippen molar-refractivity contribution in [1.29, 1.82) is 0 Å². The fourth-order valence-corrected chi connectivity index (χ4v) is 2.25. The molecule has 0 aliphatic carbocycles. The molecule has 124 valence electrons. The predicted molar refractivity (Wildman–Crippen MR) is 98.6 cm³/mol. The molecule has 0 aromatic heterocycles. The summed E-state index contributed by atoms with van der Waals surface area (Å²) in [5.74, 6) is -0.219. The fraction of sp³-hybridized carbons (Fsp3) is 0.150. The zero-order chi connectivity index (χ0) is 17.2. The van der Waals surface area contributed by atoms with Gasteiger partial charge in [-0.2, -0.15) is 0 Å². The molecule has 0 saturated heterocycles. The van der Waals surface area contributed by atoms with Gasteiger partial charge in [0, 0.05) is 13.2 Å². The van der Waals surface area contributed by atoms with Crippen LogP contribution in [0.15, 0.2) is 78.9 Å². The third-order valence-electron chi connectivity index (χ3n) is 3.52. The third kappa shape index (κ3) is 5.41. The van der Waals surface area contributed by atoms with Crippen molar-refractivity contribution < 1.29 is 9.53 Å². The van der Waals surface area contributed by atoms with Gasteiger partial charge in [-0.15, -0.1) is 0 Å². The van der Waals surface area contributed by atoms with Crippen LogP contribution in [0.5, 0.6) is 0 Å². The number of benzene rings is 2. The van der Waals surface area contributed by atoms with E-state index in [0.29, 0.717) is 11.4 Å². The molecule has 0 aliphatic heterocycles. The van der Waals surface area contributed by atoms with Crippen LogP contribution in [-0.4, -0.2) is 13.0 Å². The van der Waals surface area contributed by atoms with Crippen LogP contribution in [-0.2, 0) is 9.53 Å². The Bertz CT molecular complexity index is 709. The molecule has 0 heterocycles. The molecule has 0 aliphatic rings. The number of nitrogens with one attached hydrogen (secondary N) is 1. The third-order valence-corrected chi connectivity index (χ3v) is 3.52. The molecular weight excluding hydrogens is 300 g/mol. The van der Waals surface area contributed by atoms with E-state index in [1.165, 1.54) is 6.08 Å². The molecule has 24 heavy (non-hydrogen) atoms. The normalized spacial score (nSPS) is 12.5. The molecule has 1 unspecified atom stereocenters. The van der Waals surface area contributed by atoms with Gasteiger partial charge in [-0.05, 0) is 24.1 Å². The Morgan fingerprint density at radius 2 is 1.83 bits per heavy atom. The van der Waals surface area contributed by atoms with Crippen molar-refractivity contribution in [1.82, 2.24) is 0 Å². The topological polar surface area (TPSA) is 64.3 Å². The summed E-state index contributed by atoms with van der Waals surface area (Å²) in [6, 6.07) is 17.2. The van der Waals surface area contributed by atoms with E-state index < -0.39 is 0 Å². The average Bonchev–Trinajstić information content (AvgIpc) is 2.61. The lowest BCUT2D eigenvalue weighted by Crippen LogP contribution is -2.09. The summed E-state index contributed by atoms with van der Waals surface area (Å²) in [6.07, 6.45) is 7.72. The minimum atomic E-state index is -0.219. The first-order chi connectivity index (χ1) is 11.7. The molecule has 0 bridgehead atoms. The van der Waals surface area contributed by atoms with Gasteiger partial charge in [0.05, 0.1) is 17.5 Å². The van der Waals surface area contributed by atoms with Gasteiger partial charge in [-0.25, -0.2) is 0 Å². The summed E-state index contributed by atoms with van der Waals surface area (Å²) in [5, 5.41) is 2.74. The van der Waals surface area contributed by atoms with Gasteiger partial charge in [0.1, 0.15) is 0 Å². The monoisotopic (exact) mass is 322 g/mol. The molecule has 3 N–H and O–H groups in total. The molecule has 2 rings (SSSR count). The van der Waals surface area contributed by atoms with Gasteiger partial charge in [-0.3, -0.25) is 4.79 Å². The van der Waals surface area contributed by atoms with Gasteiger partial charge in [0.15, 0.2) is 0 Å². The lowest BCUT2D eigenvalue weighted by atomic mass is 10.1. The highest BCUT2D eigenvalue weighted by atomic mass is 16.5. The second-order valence-electron chi connectivity index (χ2n) is 5.23. The van der Waals surface area contributed by atoms with Crippen molar-refractivity contribution in [3.05, 3.63) is 84.5 Å². The van der Waals surface area contributed by atoms with Crippen molar-refractivity contribution in [3.63, 3.8) is 0 Å². The van der Waals surface area contributed by atoms with Crippen LogP contribution in [0, 0.1) is 0 Å². The van der Waals surface area contributed by atoms with Crippen molar-refractivity contribution in [2.45, 2.75) is 12.5 Å². The first-order valence-electron chi connectivity index (χ1n) is 7.77. The van der Waals surface area contributed by atoms with Crippen LogP contribution in [0.3, 0.4) is 0 Å². The molecule has 0 radical (unpaired) electrons. The first-order valence-corrected chi connectivity index (χ1v) is 7.77. The summed E-state index contributed by atoms with van der Waals surface area (Å²) in [7, 11) is 1.69. The van der Waals surface area contributed by atoms with Crippen LogP contribution in [0.4, 0.5) is 11.4 Å². The zero-order valence-corrected chi connectivity index (χ0v) is 13.7.